The molecule has 0 saturated heterocycles. The van der Waals surface area contributed by atoms with Crippen LogP contribution in [0.2, 0.25) is 5.02 Å². The highest BCUT2D eigenvalue weighted by molar-refractivity contribution is 6.31. The van der Waals surface area contributed by atoms with Crippen LogP contribution in [0.3, 0.4) is 0 Å². The molecule has 0 aliphatic heterocycles. The third-order valence-corrected chi connectivity index (χ3v) is 5.69. The average Bonchev–Trinajstić information content (AvgIpc) is 2.38. The van der Waals surface area contributed by atoms with Gasteiger partial charge in [-0.15, -0.1) is 0 Å². The summed E-state index contributed by atoms with van der Waals surface area (Å²) in [6.07, 6.45) is 5.42. The van der Waals surface area contributed by atoms with E-state index in [2.05, 4.69) is 26.0 Å². The summed E-state index contributed by atoms with van der Waals surface area (Å²) in [6.45, 7) is 4.39. The van der Waals surface area contributed by atoms with E-state index in [1.54, 1.807) is 0 Å². The normalized spacial score (nSPS) is 34.5. The van der Waals surface area contributed by atoms with E-state index in [1.165, 1.54) is 31.2 Å². The minimum atomic E-state index is -0.117. The Labute approximate surface area is 121 Å². The van der Waals surface area contributed by atoms with Crippen LogP contribution in [0, 0.1) is 17.8 Å². The summed E-state index contributed by atoms with van der Waals surface area (Å²) >= 11 is 6.47. The Kier molecular flexibility index (Phi) is 3.39. The zero-order valence-corrected chi connectivity index (χ0v) is 12.7. The fourth-order valence-corrected chi connectivity index (χ4v) is 4.97. The molecular formula is C17H24ClN. The molecule has 0 spiro atoms. The number of halogens is 1. The third kappa shape index (κ3) is 2.32. The van der Waals surface area contributed by atoms with Crippen molar-refractivity contribution < 1.29 is 0 Å². The second kappa shape index (κ2) is 4.79. The molecule has 3 fully saturated rings. The van der Waals surface area contributed by atoms with Crippen LogP contribution in [0.5, 0.6) is 0 Å². The highest BCUT2D eigenvalue weighted by Gasteiger charge is 2.49. The van der Waals surface area contributed by atoms with Gasteiger partial charge in [-0.05, 0) is 74.8 Å². The molecule has 2 heteroatoms. The van der Waals surface area contributed by atoms with Crippen molar-refractivity contribution in [2.24, 2.45) is 23.5 Å². The second-order valence-electron chi connectivity index (χ2n) is 7.07. The number of benzene rings is 1. The van der Waals surface area contributed by atoms with E-state index in [9.17, 15) is 0 Å². The van der Waals surface area contributed by atoms with Gasteiger partial charge in [0.2, 0.25) is 0 Å². The molecule has 104 valence electrons. The quantitative estimate of drug-likeness (QED) is 0.840. The van der Waals surface area contributed by atoms with Gasteiger partial charge in [0, 0.05) is 10.6 Å². The Bertz CT molecular complexity index is 455. The number of fused-ring (bicyclic) bond motifs is 3. The molecule has 2 atom stereocenters. The molecule has 1 aromatic carbocycles. The van der Waals surface area contributed by atoms with Crippen molar-refractivity contribution in [3.8, 4) is 0 Å². The molecule has 2 unspecified atom stereocenters. The van der Waals surface area contributed by atoms with Crippen molar-refractivity contribution in [1.29, 1.82) is 0 Å². The number of hydrogen-bond acceptors (Lipinski definition) is 1. The molecule has 3 aliphatic carbocycles. The van der Waals surface area contributed by atoms with Gasteiger partial charge in [0.15, 0.2) is 0 Å². The van der Waals surface area contributed by atoms with Crippen LogP contribution in [-0.2, 0) is 0 Å². The van der Waals surface area contributed by atoms with Crippen LogP contribution in [0.4, 0.5) is 0 Å². The average molecular weight is 278 g/mol. The van der Waals surface area contributed by atoms with Crippen LogP contribution in [0.15, 0.2) is 24.3 Å². The Balaban J connectivity index is 2.04. The Morgan fingerprint density at radius 1 is 1.05 bits per heavy atom. The molecule has 0 aromatic heterocycles. The van der Waals surface area contributed by atoms with Gasteiger partial charge in [0.25, 0.3) is 0 Å². The van der Waals surface area contributed by atoms with Crippen LogP contribution >= 0.6 is 11.6 Å². The topological polar surface area (TPSA) is 26.0 Å². The number of rotatable bonds is 2. The molecule has 1 nitrogen and oxygen atoms in total. The van der Waals surface area contributed by atoms with E-state index in [4.69, 9.17) is 17.3 Å². The zero-order valence-electron chi connectivity index (χ0n) is 11.9. The Morgan fingerprint density at radius 2 is 1.63 bits per heavy atom. The van der Waals surface area contributed by atoms with E-state index in [0.29, 0.717) is 11.8 Å². The smallest absolute Gasteiger partial charge is 0.0441 e. The number of hydrogen-bond donors (Lipinski definition) is 1. The molecule has 4 rings (SSSR count). The maximum Gasteiger partial charge on any atom is 0.0441 e. The maximum absolute atomic E-state index is 6.53. The fraction of sp³-hybridized carbons (Fsp3) is 0.647. The summed E-state index contributed by atoms with van der Waals surface area (Å²) in [6, 6.07) is 8.38. The first-order valence-electron chi connectivity index (χ1n) is 7.52. The lowest BCUT2D eigenvalue weighted by Crippen LogP contribution is -2.53. The molecular weight excluding hydrogens is 254 g/mol. The van der Waals surface area contributed by atoms with Gasteiger partial charge in [-0.3, -0.25) is 0 Å². The minimum absolute atomic E-state index is 0.117. The standard InChI is InChI=1S/C17H24ClN/c1-17(2,19)16-12-9-7-11(8-10-12)15(16)13-5-3-4-6-14(13)18/h3-6,11-12,15-16H,7-10,19H2,1-2H3. The summed E-state index contributed by atoms with van der Waals surface area (Å²) in [5, 5.41) is 0.925. The van der Waals surface area contributed by atoms with Crippen LogP contribution in [-0.4, -0.2) is 5.54 Å². The van der Waals surface area contributed by atoms with Gasteiger partial charge in [-0.25, -0.2) is 0 Å². The molecule has 2 bridgehead atoms. The first-order chi connectivity index (χ1) is 8.98. The molecule has 19 heavy (non-hydrogen) atoms. The van der Waals surface area contributed by atoms with Gasteiger partial charge in [0.05, 0.1) is 0 Å². The highest BCUT2D eigenvalue weighted by atomic mass is 35.5. The SMILES string of the molecule is CC(C)(N)C1C2CCC(CC2)C1c1ccccc1Cl. The van der Waals surface area contributed by atoms with Crippen LogP contribution in [0.1, 0.15) is 51.0 Å². The lowest BCUT2D eigenvalue weighted by atomic mass is 9.52. The van der Waals surface area contributed by atoms with Crippen molar-refractivity contribution in [2.75, 3.05) is 0 Å². The van der Waals surface area contributed by atoms with E-state index < -0.39 is 0 Å². The molecule has 0 radical (unpaired) electrons. The van der Waals surface area contributed by atoms with Crippen LogP contribution < -0.4 is 5.73 Å². The zero-order chi connectivity index (χ0) is 13.6. The Morgan fingerprint density at radius 3 is 2.21 bits per heavy atom. The molecule has 0 amide bonds. The first kappa shape index (κ1) is 13.5. The monoisotopic (exact) mass is 277 g/mol. The molecule has 2 N–H and O–H groups in total. The molecule has 1 aromatic rings. The van der Waals surface area contributed by atoms with E-state index in [-0.39, 0.29) is 5.54 Å². The predicted octanol–water partition coefficient (Wildman–Crippen LogP) is 4.60. The van der Waals surface area contributed by atoms with Crippen molar-refractivity contribution in [3.63, 3.8) is 0 Å². The van der Waals surface area contributed by atoms with Gasteiger partial charge in [-0.1, -0.05) is 29.8 Å². The van der Waals surface area contributed by atoms with E-state index >= 15 is 0 Å². The summed E-state index contributed by atoms with van der Waals surface area (Å²) in [5.41, 5.74) is 7.75. The van der Waals surface area contributed by atoms with E-state index in [1.807, 2.05) is 12.1 Å². The maximum atomic E-state index is 6.53. The van der Waals surface area contributed by atoms with Crippen molar-refractivity contribution in [2.45, 2.75) is 51.0 Å². The number of nitrogens with two attached hydrogens (primary N) is 1. The van der Waals surface area contributed by atoms with Crippen molar-refractivity contribution in [3.05, 3.63) is 34.9 Å². The van der Waals surface area contributed by atoms with Crippen molar-refractivity contribution in [1.82, 2.24) is 0 Å². The van der Waals surface area contributed by atoms with Crippen LogP contribution in [0.25, 0.3) is 0 Å². The lowest BCUT2D eigenvalue weighted by molar-refractivity contribution is 0.0264. The largest absolute Gasteiger partial charge is 0.325 e. The first-order valence-corrected chi connectivity index (χ1v) is 7.89. The summed E-state index contributed by atoms with van der Waals surface area (Å²) in [7, 11) is 0. The van der Waals surface area contributed by atoms with Gasteiger partial charge < -0.3 is 5.73 Å². The van der Waals surface area contributed by atoms with E-state index in [0.717, 1.165) is 16.9 Å². The summed E-state index contributed by atoms with van der Waals surface area (Å²) < 4.78 is 0. The fourth-order valence-electron chi connectivity index (χ4n) is 4.71. The molecule has 3 aliphatic rings. The summed E-state index contributed by atoms with van der Waals surface area (Å²) in [4.78, 5) is 0. The van der Waals surface area contributed by atoms with Gasteiger partial charge in [-0.2, -0.15) is 0 Å². The van der Waals surface area contributed by atoms with Crippen molar-refractivity contribution >= 4 is 11.6 Å². The highest BCUT2D eigenvalue weighted by Crippen LogP contribution is 2.56. The lowest BCUT2D eigenvalue weighted by Gasteiger charge is -2.54. The predicted molar refractivity (Wildman–Crippen MR) is 81.4 cm³/mol. The second-order valence-corrected chi connectivity index (χ2v) is 7.48. The van der Waals surface area contributed by atoms with Gasteiger partial charge in [0.1, 0.15) is 0 Å². The third-order valence-electron chi connectivity index (χ3n) is 5.34. The van der Waals surface area contributed by atoms with Gasteiger partial charge >= 0.3 is 0 Å². The minimum Gasteiger partial charge on any atom is -0.325 e. The summed E-state index contributed by atoms with van der Waals surface area (Å²) in [5.74, 6) is 2.69. The molecule has 3 saturated carbocycles. The molecule has 0 heterocycles. The Hall–Kier alpha value is -0.530.